The Kier molecular flexibility index (Phi) is 5.88. The average Bonchev–Trinajstić information content (AvgIpc) is 3.13. The number of aromatic nitrogens is 1. The van der Waals surface area contributed by atoms with Gasteiger partial charge in [0.25, 0.3) is 0 Å². The molecule has 2 aliphatic rings. The number of pyridine rings is 1. The summed E-state index contributed by atoms with van der Waals surface area (Å²) in [6.45, 7) is 2.19. The molecule has 6 aromatic carbocycles. The van der Waals surface area contributed by atoms with Crippen molar-refractivity contribution in [1.82, 2.24) is 4.98 Å². The third-order valence-corrected chi connectivity index (χ3v) is 10.1. The Morgan fingerprint density at radius 2 is 0.891 bits per heavy atom. The predicted molar refractivity (Wildman–Crippen MR) is 187 cm³/mol. The number of fused-ring (bicyclic) bond motifs is 4. The van der Waals surface area contributed by atoms with Crippen LogP contribution in [0.3, 0.4) is 0 Å². The summed E-state index contributed by atoms with van der Waals surface area (Å²) in [5, 5.41) is 0. The predicted octanol–water partition coefficient (Wildman–Crippen LogP) is 10.3. The maximum atomic E-state index is 5.24. The molecule has 0 aliphatic carbocycles. The lowest BCUT2D eigenvalue weighted by molar-refractivity contribution is 0.684. The molecule has 0 saturated carbocycles. The lowest BCUT2D eigenvalue weighted by Gasteiger charge is -2.52. The molecule has 0 atom stereocenters. The minimum atomic E-state index is -0.589. The minimum Gasteiger partial charge on any atom is -0.294 e. The van der Waals surface area contributed by atoms with Crippen molar-refractivity contribution in [1.29, 1.82) is 0 Å². The van der Waals surface area contributed by atoms with Crippen LogP contribution in [-0.4, -0.2) is 4.98 Å². The first-order valence-electron chi connectivity index (χ1n) is 16.0. The first-order chi connectivity index (χ1) is 22.8. The van der Waals surface area contributed by atoms with Gasteiger partial charge in [-0.1, -0.05) is 158 Å². The van der Waals surface area contributed by atoms with Crippen LogP contribution >= 0.6 is 0 Å². The summed E-state index contributed by atoms with van der Waals surface area (Å²) < 4.78 is 0. The van der Waals surface area contributed by atoms with Crippen molar-refractivity contribution >= 4 is 17.2 Å². The van der Waals surface area contributed by atoms with Crippen LogP contribution in [0.2, 0.25) is 0 Å². The Bertz CT molecular complexity index is 2110. The molecule has 0 saturated heterocycles. The summed E-state index contributed by atoms with van der Waals surface area (Å²) in [4.78, 5) is 7.69. The smallest absolute Gasteiger partial charge is 0.142 e. The molecular formula is C44H32N2. The zero-order valence-corrected chi connectivity index (χ0v) is 25.6. The van der Waals surface area contributed by atoms with Crippen molar-refractivity contribution in [3.05, 3.63) is 226 Å². The van der Waals surface area contributed by atoms with E-state index in [2.05, 4.69) is 182 Å². The van der Waals surface area contributed by atoms with Crippen molar-refractivity contribution in [2.75, 3.05) is 4.90 Å². The lowest BCUT2D eigenvalue weighted by atomic mass is 9.57. The number of rotatable bonds is 4. The largest absolute Gasteiger partial charge is 0.294 e. The van der Waals surface area contributed by atoms with Crippen LogP contribution in [0.5, 0.6) is 0 Å². The van der Waals surface area contributed by atoms with Crippen molar-refractivity contribution in [2.24, 2.45) is 0 Å². The number of benzene rings is 6. The molecule has 0 N–H and O–H groups in total. The molecule has 2 aliphatic heterocycles. The second-order valence-corrected chi connectivity index (χ2v) is 12.4. The molecule has 9 rings (SSSR count). The van der Waals surface area contributed by atoms with E-state index in [1.807, 2.05) is 6.20 Å². The van der Waals surface area contributed by atoms with Crippen molar-refractivity contribution in [3.63, 3.8) is 0 Å². The molecule has 0 amide bonds. The van der Waals surface area contributed by atoms with Gasteiger partial charge in [-0.2, -0.15) is 0 Å². The fraction of sp³-hybridized carbons (Fsp3) is 0.0682. The third-order valence-electron chi connectivity index (χ3n) is 10.1. The first kappa shape index (κ1) is 26.7. The third kappa shape index (κ3) is 3.44. The molecular weight excluding hydrogens is 556 g/mol. The highest BCUT2D eigenvalue weighted by molar-refractivity contribution is 5.96. The molecule has 1 aromatic heterocycles. The summed E-state index contributed by atoms with van der Waals surface area (Å²) in [5.41, 5.74) is 12.3. The van der Waals surface area contributed by atoms with E-state index in [1.54, 1.807) is 0 Å². The highest BCUT2D eigenvalue weighted by Crippen LogP contribution is 2.65. The number of nitrogens with zero attached hydrogens (tertiary/aromatic N) is 2. The molecule has 46 heavy (non-hydrogen) atoms. The van der Waals surface area contributed by atoms with Gasteiger partial charge in [0.1, 0.15) is 5.82 Å². The van der Waals surface area contributed by atoms with E-state index < -0.39 is 10.8 Å². The van der Waals surface area contributed by atoms with Gasteiger partial charge in [0.2, 0.25) is 0 Å². The van der Waals surface area contributed by atoms with Crippen molar-refractivity contribution in [2.45, 2.75) is 17.8 Å². The monoisotopic (exact) mass is 588 g/mol. The Balaban J connectivity index is 1.53. The van der Waals surface area contributed by atoms with Crippen LogP contribution in [-0.2, 0) is 10.8 Å². The quantitative estimate of drug-likeness (QED) is 0.203. The van der Waals surface area contributed by atoms with Crippen LogP contribution < -0.4 is 4.90 Å². The van der Waals surface area contributed by atoms with E-state index in [1.165, 1.54) is 61.4 Å². The number of anilines is 3. The van der Waals surface area contributed by atoms with Crippen molar-refractivity contribution < 1.29 is 0 Å². The summed E-state index contributed by atoms with van der Waals surface area (Å²) in [6, 6.07) is 62.4. The zero-order valence-electron chi connectivity index (χ0n) is 25.6. The molecule has 0 spiro atoms. The minimum absolute atomic E-state index is 0.557. The fourth-order valence-electron chi connectivity index (χ4n) is 8.36. The van der Waals surface area contributed by atoms with Gasteiger partial charge in [-0.3, -0.25) is 4.90 Å². The van der Waals surface area contributed by atoms with Crippen LogP contribution in [0.4, 0.5) is 17.2 Å². The number of aryl methyl sites for hydroxylation is 1. The summed E-state index contributed by atoms with van der Waals surface area (Å²) in [6.07, 6.45) is 1.94. The Morgan fingerprint density at radius 3 is 1.39 bits per heavy atom. The maximum Gasteiger partial charge on any atom is 0.142 e. The molecule has 0 radical (unpaired) electrons. The molecule has 0 bridgehead atoms. The molecule has 7 aromatic rings. The van der Waals surface area contributed by atoms with E-state index in [0.717, 1.165) is 5.82 Å². The van der Waals surface area contributed by atoms with Gasteiger partial charge in [-0.05, 0) is 63.6 Å². The van der Waals surface area contributed by atoms with Gasteiger partial charge < -0.3 is 0 Å². The highest BCUT2D eigenvalue weighted by Gasteiger charge is 2.54. The summed E-state index contributed by atoms with van der Waals surface area (Å²) in [5.74, 6) is 0.969. The topological polar surface area (TPSA) is 16.1 Å². The van der Waals surface area contributed by atoms with Crippen LogP contribution in [0, 0.1) is 6.92 Å². The first-order valence-corrected chi connectivity index (χ1v) is 16.0. The summed E-state index contributed by atoms with van der Waals surface area (Å²) in [7, 11) is 0. The molecule has 0 unspecified atom stereocenters. The van der Waals surface area contributed by atoms with Gasteiger partial charge in [-0.25, -0.2) is 4.98 Å². The van der Waals surface area contributed by atoms with Gasteiger partial charge >= 0.3 is 0 Å². The van der Waals surface area contributed by atoms with Crippen LogP contribution in [0.15, 0.2) is 176 Å². The SMILES string of the molecule is Cc1ccc2c(c1)N1c3ncccc3C(c3ccccc3)(c3ccccc3)c3cccc(c31)C2(c1ccccc1)c1ccccc1. The molecule has 218 valence electrons. The Morgan fingerprint density at radius 1 is 0.435 bits per heavy atom. The van der Waals surface area contributed by atoms with Crippen molar-refractivity contribution in [3.8, 4) is 0 Å². The number of hydrogen-bond donors (Lipinski definition) is 0. The molecule has 2 heteroatoms. The zero-order chi connectivity index (χ0) is 30.7. The second-order valence-electron chi connectivity index (χ2n) is 12.4. The van der Waals surface area contributed by atoms with Gasteiger partial charge in [0.05, 0.1) is 22.2 Å². The average molecular weight is 589 g/mol. The van der Waals surface area contributed by atoms with Gasteiger partial charge in [0, 0.05) is 11.8 Å². The van der Waals surface area contributed by atoms with Gasteiger partial charge in [-0.15, -0.1) is 0 Å². The standard InChI is InChI=1S/C44H32N2/c1-31-27-28-36-40(30-31)46-41-37(43(36,32-16-6-2-7-17-32)33-18-8-3-9-19-33)24-14-25-38(41)44(34-20-10-4-11-21-34,35-22-12-5-13-23-35)39-26-15-29-45-42(39)46/h2-30H,1H3. The molecule has 2 nitrogen and oxygen atoms in total. The number of hydrogen-bond acceptors (Lipinski definition) is 2. The summed E-state index contributed by atoms with van der Waals surface area (Å²) >= 11 is 0. The number of para-hydroxylation sites is 1. The van der Waals surface area contributed by atoms with E-state index in [-0.39, 0.29) is 0 Å². The van der Waals surface area contributed by atoms with Gasteiger partial charge in [0.15, 0.2) is 0 Å². The van der Waals surface area contributed by atoms with E-state index >= 15 is 0 Å². The Labute approximate surface area is 270 Å². The van der Waals surface area contributed by atoms with E-state index in [9.17, 15) is 0 Å². The Hall–Kier alpha value is -5.73. The fourth-order valence-corrected chi connectivity index (χ4v) is 8.36. The van der Waals surface area contributed by atoms with Crippen LogP contribution in [0.1, 0.15) is 50.1 Å². The van der Waals surface area contributed by atoms with E-state index in [0.29, 0.717) is 0 Å². The van der Waals surface area contributed by atoms with Crippen LogP contribution in [0.25, 0.3) is 0 Å². The second kappa shape index (κ2) is 10.2. The highest BCUT2D eigenvalue weighted by atomic mass is 15.2. The molecule has 0 fully saturated rings. The van der Waals surface area contributed by atoms with E-state index in [4.69, 9.17) is 4.98 Å². The molecule has 3 heterocycles. The lowest BCUT2D eigenvalue weighted by Crippen LogP contribution is -2.44. The normalized spacial score (nSPS) is 14.9. The maximum absolute atomic E-state index is 5.24.